The Morgan fingerprint density at radius 2 is 2.11 bits per heavy atom. The number of hydrogen-bond acceptors (Lipinski definition) is 5. The number of aryl methyl sites for hydroxylation is 1. The molecule has 8 nitrogen and oxygen atoms in total. The maximum Gasteiger partial charge on any atom is 0.329 e. The van der Waals surface area contributed by atoms with Gasteiger partial charge in [-0.15, -0.1) is 0 Å². The van der Waals surface area contributed by atoms with Gasteiger partial charge in [0.2, 0.25) is 0 Å². The number of amides is 1. The zero-order valence-electron chi connectivity index (χ0n) is 15.5. The van der Waals surface area contributed by atoms with Crippen molar-refractivity contribution in [2.24, 2.45) is 5.73 Å². The van der Waals surface area contributed by atoms with Crippen molar-refractivity contribution >= 4 is 16.9 Å². The second-order valence-electron chi connectivity index (χ2n) is 7.63. The molecule has 1 aliphatic carbocycles. The summed E-state index contributed by atoms with van der Waals surface area (Å²) in [4.78, 5) is 46.9. The van der Waals surface area contributed by atoms with E-state index in [1.165, 1.54) is 4.57 Å². The van der Waals surface area contributed by atoms with E-state index in [-0.39, 0.29) is 17.3 Å². The largest absolute Gasteiger partial charge is 0.337 e. The molecular formula is C19H25N5O3. The minimum atomic E-state index is -0.554. The van der Waals surface area contributed by atoms with Gasteiger partial charge in [0.25, 0.3) is 11.5 Å². The lowest BCUT2D eigenvalue weighted by atomic mass is 10.0. The summed E-state index contributed by atoms with van der Waals surface area (Å²) >= 11 is 0. The normalized spacial score (nSPS) is 20.2. The number of nitrogens with zero attached hydrogens (tertiary/aromatic N) is 3. The van der Waals surface area contributed by atoms with E-state index in [9.17, 15) is 14.4 Å². The van der Waals surface area contributed by atoms with Crippen LogP contribution in [0.5, 0.6) is 0 Å². The first-order valence-corrected chi connectivity index (χ1v) is 9.72. The maximum absolute atomic E-state index is 13.3. The summed E-state index contributed by atoms with van der Waals surface area (Å²) in [6.07, 6.45) is 4.50. The topological polar surface area (TPSA) is 114 Å². The molecule has 2 fully saturated rings. The lowest BCUT2D eigenvalue weighted by Gasteiger charge is -2.31. The number of pyridine rings is 1. The molecule has 27 heavy (non-hydrogen) atoms. The second-order valence-corrected chi connectivity index (χ2v) is 7.63. The van der Waals surface area contributed by atoms with Gasteiger partial charge in [-0.1, -0.05) is 6.92 Å². The Bertz CT molecular complexity index is 1000. The first-order valence-electron chi connectivity index (χ1n) is 9.72. The van der Waals surface area contributed by atoms with Gasteiger partial charge in [-0.25, -0.2) is 9.78 Å². The van der Waals surface area contributed by atoms with Gasteiger partial charge < -0.3 is 10.6 Å². The van der Waals surface area contributed by atoms with Gasteiger partial charge in [0.15, 0.2) is 5.65 Å². The molecule has 0 spiro atoms. The molecule has 1 saturated carbocycles. The summed E-state index contributed by atoms with van der Waals surface area (Å²) in [5, 5.41) is 0.205. The molecule has 1 aliphatic heterocycles. The molecule has 8 heteroatoms. The molecule has 0 aromatic carbocycles. The smallest absolute Gasteiger partial charge is 0.329 e. The Morgan fingerprint density at radius 1 is 1.33 bits per heavy atom. The molecule has 4 rings (SSSR count). The standard InChI is InChI=1S/C19H25N5O3/c1-2-7-24-16-15(17(25)22-19(24)27)13(9-14(21-16)11-5-6-11)18(26)23-8-3-4-12(20)10-23/h9,11-12H,2-8,10,20H2,1H3,(H,22,25,27). The molecule has 1 amide bonds. The van der Waals surface area contributed by atoms with Crippen molar-refractivity contribution in [1.82, 2.24) is 19.4 Å². The molecule has 1 atom stereocenters. The Morgan fingerprint density at radius 3 is 2.78 bits per heavy atom. The lowest BCUT2D eigenvalue weighted by molar-refractivity contribution is 0.0710. The van der Waals surface area contributed by atoms with Crippen LogP contribution in [-0.4, -0.2) is 44.5 Å². The Hall–Kier alpha value is -2.48. The maximum atomic E-state index is 13.3. The first-order chi connectivity index (χ1) is 13.0. The van der Waals surface area contributed by atoms with Crippen LogP contribution >= 0.6 is 0 Å². The number of hydrogen-bond donors (Lipinski definition) is 2. The van der Waals surface area contributed by atoms with E-state index in [0.29, 0.717) is 36.8 Å². The predicted octanol–water partition coefficient (Wildman–Crippen LogP) is 0.936. The zero-order chi connectivity index (χ0) is 19.1. The lowest BCUT2D eigenvalue weighted by Crippen LogP contribution is -2.46. The van der Waals surface area contributed by atoms with Crippen LogP contribution in [0.15, 0.2) is 15.7 Å². The number of fused-ring (bicyclic) bond motifs is 1. The highest BCUT2D eigenvalue weighted by atomic mass is 16.2. The van der Waals surface area contributed by atoms with Crippen molar-refractivity contribution in [1.29, 1.82) is 0 Å². The summed E-state index contributed by atoms with van der Waals surface area (Å²) in [5.41, 5.74) is 6.45. The summed E-state index contributed by atoms with van der Waals surface area (Å²) in [6.45, 7) is 3.50. The number of rotatable bonds is 4. The fourth-order valence-corrected chi connectivity index (χ4v) is 3.85. The minimum absolute atomic E-state index is 0.0461. The van der Waals surface area contributed by atoms with E-state index >= 15 is 0 Å². The third-order valence-corrected chi connectivity index (χ3v) is 5.39. The summed E-state index contributed by atoms with van der Waals surface area (Å²) in [6, 6.07) is 1.70. The van der Waals surface area contributed by atoms with Crippen LogP contribution < -0.4 is 17.0 Å². The van der Waals surface area contributed by atoms with Gasteiger partial charge in [0, 0.05) is 37.3 Å². The summed E-state index contributed by atoms with van der Waals surface area (Å²) in [7, 11) is 0. The Labute approximate surface area is 156 Å². The van der Waals surface area contributed by atoms with Gasteiger partial charge in [-0.3, -0.25) is 19.1 Å². The van der Waals surface area contributed by atoms with E-state index in [2.05, 4.69) is 9.97 Å². The Balaban J connectivity index is 1.93. The number of aromatic amines is 1. The monoisotopic (exact) mass is 371 g/mol. The molecule has 2 aromatic rings. The molecule has 2 aromatic heterocycles. The van der Waals surface area contributed by atoms with E-state index in [0.717, 1.165) is 37.8 Å². The number of aromatic nitrogens is 3. The SMILES string of the molecule is CCCn1c(=O)[nH]c(=O)c2c(C(=O)N3CCCC(N)C3)cc(C3CC3)nc21. The van der Waals surface area contributed by atoms with Crippen molar-refractivity contribution in [3.8, 4) is 0 Å². The third-order valence-electron chi connectivity index (χ3n) is 5.39. The van der Waals surface area contributed by atoms with Gasteiger partial charge >= 0.3 is 5.69 Å². The van der Waals surface area contributed by atoms with Gasteiger partial charge in [-0.2, -0.15) is 0 Å². The van der Waals surface area contributed by atoms with Gasteiger partial charge in [-0.05, 0) is 38.2 Å². The quantitative estimate of drug-likeness (QED) is 0.830. The molecule has 1 saturated heterocycles. The molecule has 2 aliphatic rings. The predicted molar refractivity (Wildman–Crippen MR) is 102 cm³/mol. The second kappa shape index (κ2) is 6.92. The number of piperidine rings is 1. The number of carbonyl (C=O) groups excluding carboxylic acids is 1. The molecular weight excluding hydrogens is 346 g/mol. The Kier molecular flexibility index (Phi) is 4.59. The molecule has 3 N–H and O–H groups in total. The van der Waals surface area contributed by atoms with Crippen LogP contribution in [0.2, 0.25) is 0 Å². The van der Waals surface area contributed by atoms with Crippen LogP contribution in [0.1, 0.15) is 61.0 Å². The average molecular weight is 371 g/mol. The van der Waals surface area contributed by atoms with E-state index in [4.69, 9.17) is 5.73 Å². The molecule has 0 bridgehead atoms. The van der Waals surface area contributed by atoms with Crippen molar-refractivity contribution in [3.63, 3.8) is 0 Å². The van der Waals surface area contributed by atoms with Crippen LogP contribution in [0.25, 0.3) is 11.0 Å². The number of H-pyrrole nitrogens is 1. The number of nitrogens with two attached hydrogens (primary N) is 1. The van der Waals surface area contributed by atoms with Gasteiger partial charge in [0.05, 0.1) is 10.9 Å². The highest BCUT2D eigenvalue weighted by Crippen LogP contribution is 2.40. The van der Waals surface area contributed by atoms with Crippen LogP contribution in [0, 0.1) is 0 Å². The van der Waals surface area contributed by atoms with Crippen LogP contribution in [-0.2, 0) is 6.54 Å². The summed E-state index contributed by atoms with van der Waals surface area (Å²) < 4.78 is 1.47. The highest BCUT2D eigenvalue weighted by molar-refractivity contribution is 6.05. The molecule has 1 unspecified atom stereocenters. The highest BCUT2D eigenvalue weighted by Gasteiger charge is 2.31. The zero-order valence-corrected chi connectivity index (χ0v) is 15.5. The average Bonchev–Trinajstić information content (AvgIpc) is 3.48. The van der Waals surface area contributed by atoms with Crippen molar-refractivity contribution in [3.05, 3.63) is 38.2 Å². The fraction of sp³-hybridized carbons (Fsp3) is 0.579. The third kappa shape index (κ3) is 3.29. The first kappa shape index (κ1) is 17.9. The van der Waals surface area contributed by atoms with Crippen molar-refractivity contribution in [2.45, 2.75) is 57.5 Å². The fourth-order valence-electron chi connectivity index (χ4n) is 3.85. The van der Waals surface area contributed by atoms with Crippen LogP contribution in [0.4, 0.5) is 0 Å². The van der Waals surface area contributed by atoms with E-state index in [1.54, 1.807) is 11.0 Å². The number of nitrogens with one attached hydrogen (secondary N) is 1. The molecule has 0 radical (unpaired) electrons. The summed E-state index contributed by atoms with van der Waals surface area (Å²) in [5.74, 6) is 0.0978. The minimum Gasteiger partial charge on any atom is -0.337 e. The van der Waals surface area contributed by atoms with E-state index < -0.39 is 11.2 Å². The van der Waals surface area contributed by atoms with Crippen LogP contribution in [0.3, 0.4) is 0 Å². The van der Waals surface area contributed by atoms with Crippen molar-refractivity contribution in [2.75, 3.05) is 13.1 Å². The van der Waals surface area contributed by atoms with Gasteiger partial charge in [0.1, 0.15) is 0 Å². The molecule has 144 valence electrons. The number of likely N-dealkylation sites (tertiary alicyclic amines) is 1. The molecule has 3 heterocycles. The van der Waals surface area contributed by atoms with Crippen molar-refractivity contribution < 1.29 is 4.79 Å². The van der Waals surface area contributed by atoms with E-state index in [1.807, 2.05) is 6.92 Å². The number of carbonyl (C=O) groups is 1.